The molecule has 1 heterocycles. The number of rotatable bonds is 2. The summed E-state index contributed by atoms with van der Waals surface area (Å²) in [7, 11) is 0. The van der Waals surface area contributed by atoms with Crippen molar-refractivity contribution in [1.82, 2.24) is 4.98 Å². The zero-order chi connectivity index (χ0) is 14.1. The molecule has 0 amide bonds. The molecule has 0 aliphatic heterocycles. The number of nitrogens with zero attached hydrogens (tertiary/aromatic N) is 1. The second kappa shape index (κ2) is 5.02. The van der Waals surface area contributed by atoms with E-state index in [0.29, 0.717) is 5.56 Å². The minimum Gasteiger partial charge on any atom is -0.320 e. The van der Waals surface area contributed by atoms with Gasteiger partial charge in [0.2, 0.25) is 0 Å². The molecule has 2 N–H and O–H groups in total. The van der Waals surface area contributed by atoms with E-state index in [0.717, 1.165) is 22.0 Å². The predicted octanol–water partition coefficient (Wildman–Crippen LogP) is 3.73. The Morgan fingerprint density at radius 2 is 1.85 bits per heavy atom. The lowest BCUT2D eigenvalue weighted by molar-refractivity contribution is 0.617. The highest BCUT2D eigenvalue weighted by atomic mass is 19.1. The Labute approximate surface area is 117 Å². The average molecular weight is 266 g/mol. The number of nitrogens with two attached hydrogens (primary N) is 1. The Hall–Kier alpha value is -2.26. The Balaban J connectivity index is 2.02. The fraction of sp³-hybridized carbons (Fsp3) is 0.118. The van der Waals surface area contributed by atoms with Crippen LogP contribution in [0.15, 0.2) is 54.7 Å². The molecule has 3 aromatic rings. The molecule has 0 spiro atoms. The quantitative estimate of drug-likeness (QED) is 0.767. The maximum atomic E-state index is 13.3. The van der Waals surface area contributed by atoms with Gasteiger partial charge in [0.25, 0.3) is 0 Å². The van der Waals surface area contributed by atoms with Crippen LogP contribution in [-0.2, 0) is 0 Å². The predicted molar refractivity (Wildman–Crippen MR) is 78.9 cm³/mol. The number of hydrogen-bond donors (Lipinski definition) is 1. The van der Waals surface area contributed by atoms with Gasteiger partial charge in [-0.1, -0.05) is 30.3 Å². The summed E-state index contributed by atoms with van der Waals surface area (Å²) in [5, 5.41) is 1.05. The van der Waals surface area contributed by atoms with E-state index in [1.165, 1.54) is 6.07 Å². The third-order valence-electron chi connectivity index (χ3n) is 3.51. The van der Waals surface area contributed by atoms with E-state index in [4.69, 9.17) is 5.73 Å². The molecule has 0 fully saturated rings. The topological polar surface area (TPSA) is 38.9 Å². The van der Waals surface area contributed by atoms with Crippen LogP contribution in [0, 0.1) is 12.7 Å². The second-order valence-electron chi connectivity index (χ2n) is 4.95. The molecule has 1 aromatic heterocycles. The number of para-hydroxylation sites is 1. The van der Waals surface area contributed by atoms with Gasteiger partial charge in [-0.3, -0.25) is 4.98 Å². The molecular formula is C17H15FN2. The van der Waals surface area contributed by atoms with Gasteiger partial charge in [0.05, 0.1) is 11.6 Å². The van der Waals surface area contributed by atoms with E-state index in [-0.39, 0.29) is 11.9 Å². The van der Waals surface area contributed by atoms with Crippen LogP contribution < -0.4 is 5.73 Å². The van der Waals surface area contributed by atoms with E-state index in [2.05, 4.69) is 4.98 Å². The maximum absolute atomic E-state index is 13.3. The number of halogens is 1. The molecule has 0 saturated heterocycles. The van der Waals surface area contributed by atoms with Crippen molar-refractivity contribution in [2.24, 2.45) is 5.73 Å². The fourth-order valence-electron chi connectivity index (χ4n) is 2.31. The number of fused-ring (bicyclic) bond motifs is 1. The van der Waals surface area contributed by atoms with Crippen LogP contribution in [-0.4, -0.2) is 4.98 Å². The summed E-state index contributed by atoms with van der Waals surface area (Å²) in [6, 6.07) is 14.6. The zero-order valence-corrected chi connectivity index (χ0v) is 11.2. The van der Waals surface area contributed by atoms with Crippen molar-refractivity contribution >= 4 is 10.9 Å². The first-order chi connectivity index (χ1) is 9.65. The van der Waals surface area contributed by atoms with Gasteiger partial charge in [-0.05, 0) is 41.8 Å². The average Bonchev–Trinajstić information content (AvgIpc) is 2.49. The van der Waals surface area contributed by atoms with Gasteiger partial charge >= 0.3 is 0 Å². The van der Waals surface area contributed by atoms with Crippen LogP contribution in [0.5, 0.6) is 0 Å². The van der Waals surface area contributed by atoms with E-state index < -0.39 is 0 Å². The summed E-state index contributed by atoms with van der Waals surface area (Å²) in [4.78, 5) is 4.41. The van der Waals surface area contributed by atoms with Gasteiger partial charge in [0.1, 0.15) is 5.82 Å². The molecule has 0 aliphatic carbocycles. The molecule has 3 heteroatoms. The highest BCUT2D eigenvalue weighted by Gasteiger charge is 2.11. The summed E-state index contributed by atoms with van der Waals surface area (Å²) in [6.07, 6.45) is 1.78. The highest BCUT2D eigenvalue weighted by molar-refractivity contribution is 5.78. The lowest BCUT2D eigenvalue weighted by Crippen LogP contribution is -2.12. The highest BCUT2D eigenvalue weighted by Crippen LogP contribution is 2.23. The first-order valence-corrected chi connectivity index (χ1v) is 6.51. The van der Waals surface area contributed by atoms with Gasteiger partial charge in [-0.25, -0.2) is 4.39 Å². The van der Waals surface area contributed by atoms with Crippen LogP contribution in [0.1, 0.15) is 22.7 Å². The molecule has 100 valence electrons. The fourth-order valence-corrected chi connectivity index (χ4v) is 2.31. The lowest BCUT2D eigenvalue weighted by Gasteiger charge is -2.14. The smallest absolute Gasteiger partial charge is 0.126 e. The van der Waals surface area contributed by atoms with E-state index >= 15 is 0 Å². The van der Waals surface area contributed by atoms with Gasteiger partial charge in [-0.15, -0.1) is 0 Å². The molecule has 3 rings (SSSR count). The summed E-state index contributed by atoms with van der Waals surface area (Å²) in [5.41, 5.74) is 9.63. The molecule has 0 aliphatic rings. The molecule has 1 unspecified atom stereocenters. The minimum atomic E-state index is -0.300. The summed E-state index contributed by atoms with van der Waals surface area (Å²) >= 11 is 0. The molecule has 1 atom stereocenters. The standard InChI is InChI=1S/C17H15FN2/c1-11-8-13(6-7-15(11)18)17(19)14-9-12-4-2-3-5-16(12)20-10-14/h2-10,17H,19H2,1H3. The van der Waals surface area contributed by atoms with E-state index in [1.807, 2.05) is 30.3 Å². The van der Waals surface area contributed by atoms with E-state index in [9.17, 15) is 4.39 Å². The van der Waals surface area contributed by atoms with Crippen LogP contribution >= 0.6 is 0 Å². The first kappa shape index (κ1) is 12.8. The van der Waals surface area contributed by atoms with Crippen molar-refractivity contribution in [3.05, 3.63) is 77.2 Å². The molecule has 20 heavy (non-hydrogen) atoms. The van der Waals surface area contributed by atoms with Crippen LogP contribution in [0.2, 0.25) is 0 Å². The summed E-state index contributed by atoms with van der Waals surface area (Å²) in [5.74, 6) is -0.211. The van der Waals surface area contributed by atoms with Crippen molar-refractivity contribution in [2.45, 2.75) is 13.0 Å². The zero-order valence-electron chi connectivity index (χ0n) is 11.2. The Morgan fingerprint density at radius 1 is 1.05 bits per heavy atom. The molecule has 0 saturated carbocycles. The number of pyridine rings is 1. The largest absolute Gasteiger partial charge is 0.320 e. The van der Waals surface area contributed by atoms with Gasteiger partial charge in [0, 0.05) is 11.6 Å². The van der Waals surface area contributed by atoms with Crippen LogP contribution in [0.4, 0.5) is 4.39 Å². The molecule has 0 radical (unpaired) electrons. The van der Waals surface area contributed by atoms with Crippen molar-refractivity contribution in [2.75, 3.05) is 0 Å². The van der Waals surface area contributed by atoms with Gasteiger partial charge in [-0.2, -0.15) is 0 Å². The molecule has 2 nitrogen and oxygen atoms in total. The van der Waals surface area contributed by atoms with Crippen molar-refractivity contribution in [3.8, 4) is 0 Å². The number of hydrogen-bond acceptors (Lipinski definition) is 2. The number of aryl methyl sites for hydroxylation is 1. The van der Waals surface area contributed by atoms with Gasteiger partial charge < -0.3 is 5.73 Å². The minimum absolute atomic E-state index is 0.211. The Kier molecular flexibility index (Phi) is 3.20. The molecular weight excluding hydrogens is 251 g/mol. The SMILES string of the molecule is Cc1cc(C(N)c2cnc3ccccc3c2)ccc1F. The number of aromatic nitrogens is 1. The second-order valence-corrected chi connectivity index (χ2v) is 4.95. The first-order valence-electron chi connectivity index (χ1n) is 6.51. The third-order valence-corrected chi connectivity index (χ3v) is 3.51. The van der Waals surface area contributed by atoms with E-state index in [1.54, 1.807) is 25.3 Å². The summed E-state index contributed by atoms with van der Waals surface area (Å²) in [6.45, 7) is 1.74. The maximum Gasteiger partial charge on any atom is 0.126 e. The Bertz CT molecular complexity index is 768. The van der Waals surface area contributed by atoms with Crippen molar-refractivity contribution in [1.29, 1.82) is 0 Å². The van der Waals surface area contributed by atoms with Crippen LogP contribution in [0.25, 0.3) is 10.9 Å². The van der Waals surface area contributed by atoms with Crippen molar-refractivity contribution < 1.29 is 4.39 Å². The normalized spacial score (nSPS) is 12.6. The lowest BCUT2D eigenvalue weighted by atomic mass is 9.98. The Morgan fingerprint density at radius 3 is 2.65 bits per heavy atom. The monoisotopic (exact) mass is 266 g/mol. The summed E-state index contributed by atoms with van der Waals surface area (Å²) < 4.78 is 13.3. The molecule has 0 bridgehead atoms. The third kappa shape index (κ3) is 2.28. The van der Waals surface area contributed by atoms with Crippen molar-refractivity contribution in [3.63, 3.8) is 0 Å². The molecule has 2 aromatic carbocycles. The van der Waals surface area contributed by atoms with Crippen LogP contribution in [0.3, 0.4) is 0 Å². The van der Waals surface area contributed by atoms with Gasteiger partial charge in [0.15, 0.2) is 0 Å². The number of benzene rings is 2.